The summed E-state index contributed by atoms with van der Waals surface area (Å²) in [4.78, 5) is 4.90. The monoisotopic (exact) mass is 1000 g/mol. The van der Waals surface area contributed by atoms with Crippen LogP contribution in [0.4, 0.5) is 5.69 Å². The third kappa shape index (κ3) is 5.26. The second-order valence-corrected chi connectivity index (χ2v) is 21.8. The van der Waals surface area contributed by atoms with Crippen LogP contribution in [-0.2, 0) is 0 Å². The highest BCUT2D eigenvalue weighted by Gasteiger charge is 2.35. The summed E-state index contributed by atoms with van der Waals surface area (Å²) in [5, 5.41) is 26.2. The van der Waals surface area contributed by atoms with Crippen LogP contribution in [0.15, 0.2) is 218 Å². The molecule has 0 bridgehead atoms. The summed E-state index contributed by atoms with van der Waals surface area (Å²) < 4.78 is 14.0. The van der Waals surface area contributed by atoms with Gasteiger partial charge in [-0.25, -0.2) is 4.85 Å². The Morgan fingerprint density at radius 1 is 0.316 bits per heavy atom. The van der Waals surface area contributed by atoms with Crippen molar-refractivity contribution in [3.8, 4) is 28.8 Å². The normalized spacial score (nSPS) is 12.2. The van der Waals surface area contributed by atoms with Crippen LogP contribution in [0.2, 0.25) is 0 Å². The van der Waals surface area contributed by atoms with Gasteiger partial charge in [0.2, 0.25) is 5.69 Å². The molecule has 11 aromatic carbocycles. The van der Waals surface area contributed by atoms with Gasteiger partial charge >= 0.3 is 0 Å². The van der Waals surface area contributed by atoms with Gasteiger partial charge in [0.15, 0.2) is 0 Å². The van der Waals surface area contributed by atoms with E-state index in [9.17, 15) is 11.8 Å². The number of nitrogens with zero attached hydrogens (tertiary/aromatic N) is 6. The Labute approximate surface area is 441 Å². The van der Waals surface area contributed by atoms with Gasteiger partial charge in [-0.1, -0.05) is 158 Å². The van der Waals surface area contributed by atoms with Crippen molar-refractivity contribution in [2.75, 3.05) is 0 Å². The minimum atomic E-state index is 0.422. The molecule has 0 aliphatic rings. The third-order valence-electron chi connectivity index (χ3n) is 16.0. The fourth-order valence-electron chi connectivity index (χ4n) is 13.0. The van der Waals surface area contributed by atoms with E-state index in [2.05, 4.69) is 243 Å². The highest BCUT2D eigenvalue weighted by molar-refractivity contribution is 7.27. The van der Waals surface area contributed by atoms with Crippen molar-refractivity contribution in [3.05, 3.63) is 235 Å². The van der Waals surface area contributed by atoms with Crippen LogP contribution in [0.3, 0.4) is 0 Å². The molecular formula is C68H36N6S2. The topological polar surface area (TPSA) is 47.9 Å². The molecule has 0 atom stereocenters. The number of benzene rings is 11. The summed E-state index contributed by atoms with van der Waals surface area (Å²) >= 11 is 3.62. The first-order chi connectivity index (χ1) is 37.7. The Morgan fingerprint density at radius 3 is 1.00 bits per heavy atom. The first-order valence-corrected chi connectivity index (χ1v) is 27.0. The first-order valence-electron chi connectivity index (χ1n) is 25.4. The smallest absolute Gasteiger partial charge is 0.238 e. The molecule has 76 heavy (non-hydrogen) atoms. The molecule has 0 unspecified atom stereocenters. The lowest BCUT2D eigenvalue weighted by Crippen LogP contribution is -2.14. The maximum absolute atomic E-state index is 12.8. The second kappa shape index (κ2) is 15.3. The van der Waals surface area contributed by atoms with Gasteiger partial charge in [0, 0.05) is 83.4 Å². The number of hydrogen-bond acceptors (Lipinski definition) is 3. The van der Waals surface area contributed by atoms with E-state index in [0.717, 1.165) is 87.2 Å². The molecule has 0 aliphatic heterocycles. The van der Waals surface area contributed by atoms with Crippen molar-refractivity contribution in [2.24, 2.45) is 0 Å². The van der Waals surface area contributed by atoms with E-state index in [1.807, 2.05) is 22.7 Å². The third-order valence-corrected chi connectivity index (χ3v) is 18.4. The number of aromatic nitrogens is 4. The fourth-order valence-corrected chi connectivity index (χ4v) is 15.6. The van der Waals surface area contributed by atoms with Crippen LogP contribution in [0.5, 0.6) is 0 Å². The van der Waals surface area contributed by atoms with Crippen molar-refractivity contribution < 1.29 is 0 Å². The average Bonchev–Trinajstić information content (AvgIpc) is 4.48. The van der Waals surface area contributed by atoms with Gasteiger partial charge in [-0.3, -0.25) is 0 Å². The lowest BCUT2D eigenvalue weighted by atomic mass is 10.0. The lowest BCUT2D eigenvalue weighted by molar-refractivity contribution is 1.04. The molecule has 0 radical (unpaired) electrons. The van der Waals surface area contributed by atoms with Gasteiger partial charge in [-0.2, -0.15) is 5.26 Å². The summed E-state index contributed by atoms with van der Waals surface area (Å²) in [6, 6.07) is 80.5. The number of rotatable bonds is 4. The fraction of sp³-hybridized carbons (Fsp3) is 0. The number of nitriles is 1. The zero-order chi connectivity index (χ0) is 49.9. The standard InChI is InChI=1S/C68H36N6S2/c1-70-62-65(72-52-28-12-4-20-41(52)42-21-5-13-29-53(42)72)64(73-54-30-14-6-24-47(54)60-56(73)36-34-45-43-22-8-16-32-58(43)75-67(45)60)49(38-69)63(71-50-26-10-2-18-39(50)40-19-3-11-27-51(40)71)66(62)74-55-31-15-7-25-48(55)61-57(74)37-35-46-44-23-9-17-33-59(44)76-68(46)61/h2-37H. The molecule has 0 N–H and O–H groups in total. The molecule has 6 aromatic heterocycles. The van der Waals surface area contributed by atoms with Crippen molar-refractivity contribution in [2.45, 2.75) is 0 Å². The maximum atomic E-state index is 12.8. The number of fused-ring (bicyclic) bond motifs is 20. The molecule has 6 nitrogen and oxygen atoms in total. The highest BCUT2D eigenvalue weighted by Crippen LogP contribution is 2.54. The Bertz CT molecular complexity index is 5070. The predicted molar refractivity (Wildman–Crippen MR) is 321 cm³/mol. The van der Waals surface area contributed by atoms with Gasteiger partial charge in [-0.05, 0) is 60.7 Å². The molecule has 0 amide bonds. The molecule has 0 saturated carbocycles. The van der Waals surface area contributed by atoms with Crippen LogP contribution < -0.4 is 0 Å². The summed E-state index contributed by atoms with van der Waals surface area (Å²) in [6.07, 6.45) is 0. The Hall–Kier alpha value is -9.96. The minimum Gasteiger partial charge on any atom is -0.317 e. The molecule has 0 aliphatic carbocycles. The van der Waals surface area contributed by atoms with Gasteiger partial charge in [0.05, 0.1) is 73.5 Å². The molecule has 350 valence electrons. The lowest BCUT2D eigenvalue weighted by Gasteiger charge is -2.27. The average molecular weight is 1000 g/mol. The van der Waals surface area contributed by atoms with Crippen LogP contribution >= 0.6 is 22.7 Å². The molecule has 0 saturated heterocycles. The quantitative estimate of drug-likeness (QED) is 0.162. The van der Waals surface area contributed by atoms with Gasteiger partial charge in [0.25, 0.3) is 0 Å². The van der Waals surface area contributed by atoms with Crippen LogP contribution in [0.1, 0.15) is 5.56 Å². The van der Waals surface area contributed by atoms with Crippen molar-refractivity contribution in [1.29, 1.82) is 5.26 Å². The van der Waals surface area contributed by atoms with Gasteiger partial charge < -0.3 is 18.3 Å². The van der Waals surface area contributed by atoms with Crippen molar-refractivity contribution >= 4 is 156 Å². The van der Waals surface area contributed by atoms with Gasteiger partial charge in [-0.15, -0.1) is 22.7 Å². The molecule has 17 rings (SSSR count). The molecule has 17 aromatic rings. The Kier molecular flexibility index (Phi) is 8.36. The van der Waals surface area contributed by atoms with E-state index in [-0.39, 0.29) is 0 Å². The molecule has 0 fully saturated rings. The minimum absolute atomic E-state index is 0.422. The number of para-hydroxylation sites is 6. The predicted octanol–water partition coefficient (Wildman–Crippen LogP) is 19.2. The van der Waals surface area contributed by atoms with Crippen molar-refractivity contribution in [3.63, 3.8) is 0 Å². The van der Waals surface area contributed by atoms with Crippen molar-refractivity contribution in [1.82, 2.24) is 18.3 Å². The largest absolute Gasteiger partial charge is 0.317 e. The summed E-state index contributed by atoms with van der Waals surface area (Å²) in [6.45, 7) is 9.96. The summed E-state index contributed by atoms with van der Waals surface area (Å²) in [5.41, 5.74) is 11.0. The maximum Gasteiger partial charge on any atom is 0.238 e. The van der Waals surface area contributed by atoms with E-state index in [1.54, 1.807) is 0 Å². The SMILES string of the molecule is [C-]#[N+]c1c(-n2c3ccccc3c3ccccc32)c(-n2c3ccccc3c3c4sc5ccccc5c4ccc32)c(C#N)c(-n2c3ccccc3c3ccccc32)c1-n1c2ccccc2c2c3sc4ccccc4c3ccc21. The van der Waals surface area contributed by atoms with Crippen LogP contribution in [-0.4, -0.2) is 18.3 Å². The zero-order valence-electron chi connectivity index (χ0n) is 40.3. The second-order valence-electron chi connectivity index (χ2n) is 19.7. The summed E-state index contributed by atoms with van der Waals surface area (Å²) in [7, 11) is 0. The van der Waals surface area contributed by atoms with Crippen LogP contribution in [0, 0.1) is 17.9 Å². The van der Waals surface area contributed by atoms with E-state index in [1.165, 1.54) is 40.3 Å². The van der Waals surface area contributed by atoms with Crippen LogP contribution in [0.25, 0.3) is 155 Å². The van der Waals surface area contributed by atoms with E-state index in [0.29, 0.717) is 34.0 Å². The molecular weight excluding hydrogens is 965 g/mol. The Morgan fingerprint density at radius 2 is 0.618 bits per heavy atom. The first kappa shape index (κ1) is 41.5. The molecule has 0 spiro atoms. The van der Waals surface area contributed by atoms with E-state index >= 15 is 0 Å². The van der Waals surface area contributed by atoms with E-state index in [4.69, 9.17) is 4.85 Å². The molecule has 6 heterocycles. The summed E-state index contributed by atoms with van der Waals surface area (Å²) in [5.74, 6) is 0. The zero-order valence-corrected chi connectivity index (χ0v) is 41.9. The number of hydrogen-bond donors (Lipinski definition) is 0. The van der Waals surface area contributed by atoms with E-state index < -0.39 is 0 Å². The molecule has 8 heteroatoms. The Balaban J connectivity index is 1.17. The number of thiophene rings is 2. The van der Waals surface area contributed by atoms with Gasteiger partial charge in [0.1, 0.15) is 11.6 Å². The highest BCUT2D eigenvalue weighted by atomic mass is 32.1.